The summed E-state index contributed by atoms with van der Waals surface area (Å²) in [6.07, 6.45) is 5.26. The van der Waals surface area contributed by atoms with Crippen LogP contribution in [-0.4, -0.2) is 56.8 Å². The van der Waals surface area contributed by atoms with E-state index in [1.807, 2.05) is 0 Å². The molecule has 1 aliphatic heterocycles. The van der Waals surface area contributed by atoms with Crippen molar-refractivity contribution in [1.82, 2.24) is 13.9 Å². The second-order valence-electron chi connectivity index (χ2n) is 5.73. The highest BCUT2D eigenvalue weighted by Gasteiger charge is 2.33. The Hall–Kier alpha value is -0.170. The largest absolute Gasteiger partial charge is 0.317 e. The average molecular weight is 305 g/mol. The number of hydrogen-bond donors (Lipinski definition) is 1. The van der Waals surface area contributed by atoms with Gasteiger partial charge in [-0.3, -0.25) is 0 Å². The van der Waals surface area contributed by atoms with Crippen LogP contribution in [0.4, 0.5) is 0 Å². The van der Waals surface area contributed by atoms with Crippen LogP contribution in [0.5, 0.6) is 0 Å². The summed E-state index contributed by atoms with van der Waals surface area (Å²) in [7, 11) is -1.55. The molecule has 0 aliphatic carbocycles. The van der Waals surface area contributed by atoms with Crippen molar-refractivity contribution in [2.24, 2.45) is 5.92 Å². The summed E-state index contributed by atoms with van der Waals surface area (Å²) < 4.78 is 28.0. The topological polar surface area (TPSA) is 52.7 Å². The van der Waals surface area contributed by atoms with Crippen molar-refractivity contribution in [3.05, 3.63) is 0 Å². The Morgan fingerprint density at radius 3 is 2.65 bits per heavy atom. The molecule has 0 bridgehead atoms. The summed E-state index contributed by atoms with van der Waals surface area (Å²) in [6.45, 7) is 8.15. The van der Waals surface area contributed by atoms with Crippen molar-refractivity contribution in [3.8, 4) is 0 Å². The van der Waals surface area contributed by atoms with Gasteiger partial charge in [-0.25, -0.2) is 0 Å². The summed E-state index contributed by atoms with van der Waals surface area (Å²) >= 11 is 0. The van der Waals surface area contributed by atoms with E-state index in [4.69, 9.17) is 0 Å². The maximum Gasteiger partial charge on any atom is 0.281 e. The van der Waals surface area contributed by atoms with Crippen LogP contribution in [0.1, 0.15) is 46.0 Å². The summed E-state index contributed by atoms with van der Waals surface area (Å²) in [5, 5.41) is 3.30. The van der Waals surface area contributed by atoms with Crippen molar-refractivity contribution in [1.29, 1.82) is 0 Å². The molecule has 0 aromatic heterocycles. The van der Waals surface area contributed by atoms with Gasteiger partial charge in [0.1, 0.15) is 0 Å². The molecule has 0 spiro atoms. The van der Waals surface area contributed by atoms with Crippen LogP contribution in [0.3, 0.4) is 0 Å². The number of rotatable bonds is 10. The lowest BCUT2D eigenvalue weighted by Gasteiger charge is -2.24. The van der Waals surface area contributed by atoms with Crippen molar-refractivity contribution in [3.63, 3.8) is 0 Å². The maximum absolute atomic E-state index is 12.4. The third-order valence-corrected chi connectivity index (χ3v) is 5.87. The molecule has 0 saturated carbocycles. The van der Waals surface area contributed by atoms with Gasteiger partial charge in [0.2, 0.25) is 0 Å². The van der Waals surface area contributed by atoms with Crippen molar-refractivity contribution in [2.75, 3.05) is 39.8 Å². The van der Waals surface area contributed by atoms with Crippen LogP contribution < -0.4 is 5.32 Å². The van der Waals surface area contributed by atoms with Gasteiger partial charge >= 0.3 is 0 Å². The van der Waals surface area contributed by atoms with Gasteiger partial charge in [0.25, 0.3) is 10.2 Å². The van der Waals surface area contributed by atoms with Crippen LogP contribution in [0, 0.1) is 5.92 Å². The molecule has 1 fully saturated rings. The van der Waals surface area contributed by atoms with Crippen molar-refractivity contribution >= 4 is 10.2 Å². The molecule has 1 heterocycles. The third-order valence-electron chi connectivity index (χ3n) is 3.92. The molecule has 1 aliphatic rings. The zero-order valence-corrected chi connectivity index (χ0v) is 14.1. The van der Waals surface area contributed by atoms with Crippen LogP contribution in [0.15, 0.2) is 0 Å². The van der Waals surface area contributed by atoms with Gasteiger partial charge in [-0.2, -0.15) is 17.0 Å². The van der Waals surface area contributed by atoms with E-state index in [9.17, 15) is 8.42 Å². The molecule has 0 aromatic carbocycles. The quantitative estimate of drug-likeness (QED) is 0.625. The van der Waals surface area contributed by atoms with Gasteiger partial charge in [0, 0.05) is 26.7 Å². The lowest BCUT2D eigenvalue weighted by Crippen LogP contribution is -2.41. The zero-order chi connectivity index (χ0) is 15.0. The van der Waals surface area contributed by atoms with Gasteiger partial charge in [0.05, 0.1) is 0 Å². The summed E-state index contributed by atoms with van der Waals surface area (Å²) in [5.41, 5.74) is 0. The Kier molecular flexibility index (Phi) is 8.02. The fourth-order valence-corrected chi connectivity index (χ4v) is 4.18. The van der Waals surface area contributed by atoms with E-state index in [1.54, 1.807) is 11.4 Å². The Bertz CT molecular complexity index is 359. The van der Waals surface area contributed by atoms with E-state index in [-0.39, 0.29) is 0 Å². The van der Waals surface area contributed by atoms with Crippen molar-refractivity contribution in [2.45, 2.75) is 46.0 Å². The molecule has 6 heteroatoms. The molecule has 0 aromatic rings. The van der Waals surface area contributed by atoms with Crippen molar-refractivity contribution < 1.29 is 8.42 Å². The molecule has 0 radical (unpaired) electrons. The maximum atomic E-state index is 12.4. The predicted molar refractivity (Wildman–Crippen MR) is 83.9 cm³/mol. The molecule has 0 amide bonds. The molecule has 1 saturated heterocycles. The number of nitrogens with one attached hydrogen (secondary N) is 1. The van der Waals surface area contributed by atoms with Crippen LogP contribution in [-0.2, 0) is 10.2 Å². The SMILES string of the molecule is CCCNCCCN(C)S(=O)(=O)N1CCC(CCC)C1. The monoisotopic (exact) mass is 305 g/mol. The summed E-state index contributed by atoms with van der Waals surface area (Å²) in [5.74, 6) is 0.550. The first-order valence-corrected chi connectivity index (χ1v) is 9.34. The predicted octanol–water partition coefficient (Wildman–Crippen LogP) is 1.67. The van der Waals surface area contributed by atoms with E-state index < -0.39 is 10.2 Å². The Balaban J connectivity index is 2.36. The molecule has 120 valence electrons. The van der Waals surface area contributed by atoms with E-state index in [2.05, 4.69) is 19.2 Å². The minimum absolute atomic E-state index is 0.550. The number of nitrogens with zero attached hydrogens (tertiary/aromatic N) is 2. The minimum atomic E-state index is -3.24. The highest BCUT2D eigenvalue weighted by molar-refractivity contribution is 7.86. The molecule has 1 atom stereocenters. The Labute approximate surface area is 124 Å². The highest BCUT2D eigenvalue weighted by atomic mass is 32.2. The fourth-order valence-electron chi connectivity index (χ4n) is 2.69. The standard InChI is InChI=1S/C14H31N3O2S/c1-4-7-14-8-12-17(13-14)20(18,19)16(3)11-6-10-15-9-5-2/h14-15H,4-13H2,1-3H3. The Morgan fingerprint density at radius 2 is 2.00 bits per heavy atom. The molecule has 20 heavy (non-hydrogen) atoms. The summed E-state index contributed by atoms with van der Waals surface area (Å²) in [4.78, 5) is 0. The molecule has 1 N–H and O–H groups in total. The smallest absolute Gasteiger partial charge is 0.281 e. The van der Waals surface area contributed by atoms with E-state index in [0.717, 1.165) is 45.2 Å². The zero-order valence-electron chi connectivity index (χ0n) is 13.3. The highest BCUT2D eigenvalue weighted by Crippen LogP contribution is 2.24. The number of hydrogen-bond acceptors (Lipinski definition) is 3. The van der Waals surface area contributed by atoms with Gasteiger partial charge in [-0.1, -0.05) is 20.3 Å². The molecular formula is C14H31N3O2S. The second-order valence-corrected chi connectivity index (χ2v) is 7.77. The first-order chi connectivity index (χ1) is 9.52. The Morgan fingerprint density at radius 1 is 1.25 bits per heavy atom. The van der Waals surface area contributed by atoms with E-state index in [1.165, 1.54) is 4.31 Å². The van der Waals surface area contributed by atoms with E-state index in [0.29, 0.717) is 25.6 Å². The third kappa shape index (κ3) is 5.31. The molecule has 1 rings (SSSR count). The summed E-state index contributed by atoms with van der Waals surface area (Å²) in [6, 6.07) is 0. The van der Waals surface area contributed by atoms with Gasteiger partial charge < -0.3 is 5.32 Å². The van der Waals surface area contributed by atoms with Gasteiger partial charge in [0.15, 0.2) is 0 Å². The normalized spacial score (nSPS) is 20.9. The van der Waals surface area contributed by atoms with Gasteiger partial charge in [-0.15, -0.1) is 0 Å². The molecule has 1 unspecified atom stereocenters. The second kappa shape index (κ2) is 8.97. The first-order valence-electron chi connectivity index (χ1n) is 7.94. The van der Waals surface area contributed by atoms with Gasteiger partial charge in [-0.05, 0) is 44.7 Å². The van der Waals surface area contributed by atoms with Crippen LogP contribution in [0.2, 0.25) is 0 Å². The molecular weight excluding hydrogens is 274 g/mol. The molecule has 5 nitrogen and oxygen atoms in total. The van der Waals surface area contributed by atoms with E-state index >= 15 is 0 Å². The fraction of sp³-hybridized carbons (Fsp3) is 1.00. The lowest BCUT2D eigenvalue weighted by molar-refractivity contribution is 0.379. The lowest BCUT2D eigenvalue weighted by atomic mass is 10.0. The first kappa shape index (κ1) is 17.9. The average Bonchev–Trinajstić information content (AvgIpc) is 2.88. The minimum Gasteiger partial charge on any atom is -0.317 e. The van der Waals surface area contributed by atoms with Crippen LogP contribution >= 0.6 is 0 Å². The van der Waals surface area contributed by atoms with Crippen LogP contribution in [0.25, 0.3) is 0 Å².